The van der Waals surface area contributed by atoms with Crippen molar-refractivity contribution < 1.29 is 17.5 Å². The van der Waals surface area contributed by atoms with E-state index in [4.69, 9.17) is 4.74 Å². The van der Waals surface area contributed by atoms with Crippen LogP contribution in [0.3, 0.4) is 0 Å². The highest BCUT2D eigenvalue weighted by atomic mass is 32.2. The molecule has 0 atom stereocenters. The minimum Gasteiger partial charge on any atom is -0.495 e. The van der Waals surface area contributed by atoms with Crippen molar-refractivity contribution in [3.63, 3.8) is 0 Å². The van der Waals surface area contributed by atoms with Crippen LogP contribution in [-0.2, 0) is 17.1 Å². The molecule has 2 fully saturated rings. The first-order valence-corrected chi connectivity index (χ1v) is 10.8. The summed E-state index contributed by atoms with van der Waals surface area (Å²) in [7, 11) is -0.879. The lowest BCUT2D eigenvalue weighted by molar-refractivity contribution is 0.306. The van der Waals surface area contributed by atoms with Gasteiger partial charge in [0.05, 0.1) is 7.11 Å². The fraction of sp³-hybridized carbons (Fsp3) is 0.556. The van der Waals surface area contributed by atoms with E-state index in [1.807, 2.05) is 0 Å². The highest BCUT2D eigenvalue weighted by molar-refractivity contribution is 7.89. The molecule has 1 aliphatic heterocycles. The molecule has 1 saturated carbocycles. The molecule has 2 aliphatic rings. The van der Waals surface area contributed by atoms with Gasteiger partial charge in [0, 0.05) is 32.1 Å². The normalized spacial score (nSPS) is 19.1. The number of rotatable bonds is 5. The molecule has 1 saturated heterocycles. The predicted molar refractivity (Wildman–Crippen MR) is 99.4 cm³/mol. The van der Waals surface area contributed by atoms with Crippen molar-refractivity contribution in [2.45, 2.75) is 42.5 Å². The van der Waals surface area contributed by atoms with Crippen LogP contribution in [-0.4, -0.2) is 47.3 Å². The first-order valence-electron chi connectivity index (χ1n) is 9.32. The van der Waals surface area contributed by atoms with Gasteiger partial charge in [-0.05, 0) is 43.9 Å². The molecular weight excluding hydrogens is 387 g/mol. The molecule has 4 rings (SSSR count). The van der Waals surface area contributed by atoms with E-state index in [9.17, 15) is 17.6 Å². The number of sulfonamides is 1. The molecular formula is C18H23FN4O4S. The molecule has 0 radical (unpaired) electrons. The smallest absolute Gasteiger partial charge is 0.345 e. The third-order valence-electron chi connectivity index (χ3n) is 5.46. The van der Waals surface area contributed by atoms with Gasteiger partial charge in [0.15, 0.2) is 0 Å². The third kappa shape index (κ3) is 3.24. The van der Waals surface area contributed by atoms with Crippen LogP contribution in [0.2, 0.25) is 0 Å². The minimum absolute atomic E-state index is 0.0235. The number of hydrogen-bond donors (Lipinski definition) is 0. The maximum Gasteiger partial charge on any atom is 0.345 e. The Balaban J connectivity index is 1.56. The van der Waals surface area contributed by atoms with Crippen LogP contribution in [0.25, 0.3) is 0 Å². The molecule has 0 amide bonds. The molecule has 2 heterocycles. The van der Waals surface area contributed by atoms with Gasteiger partial charge in [-0.2, -0.15) is 9.40 Å². The fourth-order valence-corrected chi connectivity index (χ4v) is 5.44. The van der Waals surface area contributed by atoms with Crippen molar-refractivity contribution in [2.24, 2.45) is 7.05 Å². The van der Waals surface area contributed by atoms with Crippen molar-refractivity contribution in [1.29, 1.82) is 0 Å². The zero-order valence-electron chi connectivity index (χ0n) is 15.8. The molecule has 2 aromatic rings. The van der Waals surface area contributed by atoms with Gasteiger partial charge in [0.25, 0.3) is 0 Å². The van der Waals surface area contributed by atoms with Crippen LogP contribution in [0.4, 0.5) is 4.39 Å². The van der Waals surface area contributed by atoms with E-state index >= 15 is 0 Å². The van der Waals surface area contributed by atoms with E-state index < -0.39 is 15.8 Å². The molecule has 28 heavy (non-hydrogen) atoms. The second kappa shape index (κ2) is 7.00. The van der Waals surface area contributed by atoms with Gasteiger partial charge in [-0.3, -0.25) is 4.57 Å². The number of hydrogen-bond acceptors (Lipinski definition) is 5. The van der Waals surface area contributed by atoms with E-state index in [1.165, 1.54) is 28.2 Å². The number of benzene rings is 1. The quantitative estimate of drug-likeness (QED) is 0.748. The summed E-state index contributed by atoms with van der Waals surface area (Å²) >= 11 is 0. The Morgan fingerprint density at radius 3 is 2.46 bits per heavy atom. The van der Waals surface area contributed by atoms with Crippen molar-refractivity contribution in [3.05, 3.63) is 40.3 Å². The van der Waals surface area contributed by atoms with E-state index in [1.54, 1.807) is 11.6 Å². The Bertz CT molecular complexity index is 1050. The second-order valence-corrected chi connectivity index (χ2v) is 9.25. The first-order chi connectivity index (χ1) is 13.3. The lowest BCUT2D eigenvalue weighted by Crippen LogP contribution is -2.38. The minimum atomic E-state index is -3.88. The predicted octanol–water partition coefficient (Wildman–Crippen LogP) is 1.63. The summed E-state index contributed by atoms with van der Waals surface area (Å²) in [4.78, 5) is 12.2. The van der Waals surface area contributed by atoms with Gasteiger partial charge in [0.2, 0.25) is 10.0 Å². The van der Waals surface area contributed by atoms with E-state index in [0.717, 1.165) is 24.7 Å². The molecule has 0 unspecified atom stereocenters. The first kappa shape index (κ1) is 19.1. The monoisotopic (exact) mass is 410 g/mol. The third-order valence-corrected chi connectivity index (χ3v) is 7.38. The zero-order chi connectivity index (χ0) is 20.1. The van der Waals surface area contributed by atoms with Crippen LogP contribution in [0.1, 0.15) is 43.5 Å². The number of methoxy groups -OCH3 is 1. The molecule has 10 heteroatoms. The van der Waals surface area contributed by atoms with Gasteiger partial charge in [0.1, 0.15) is 22.3 Å². The van der Waals surface area contributed by atoms with Crippen LogP contribution < -0.4 is 10.4 Å². The summed E-state index contributed by atoms with van der Waals surface area (Å²) < 4.78 is 49.3. The Morgan fingerprint density at radius 2 is 1.86 bits per heavy atom. The SMILES string of the molecule is COc1ccc(F)cc1S(=O)(=O)N1CCC(c2nn(C)c(=O)n2C2CC2)CC1. The molecule has 8 nitrogen and oxygen atoms in total. The van der Waals surface area contributed by atoms with Crippen molar-refractivity contribution >= 4 is 10.0 Å². The fourth-order valence-electron chi connectivity index (χ4n) is 3.80. The van der Waals surface area contributed by atoms with E-state index in [0.29, 0.717) is 12.8 Å². The number of aryl methyl sites for hydroxylation is 1. The molecule has 1 aromatic carbocycles. The average molecular weight is 410 g/mol. The molecule has 0 bridgehead atoms. The molecule has 0 N–H and O–H groups in total. The van der Waals surface area contributed by atoms with Crippen LogP contribution in [0.15, 0.2) is 27.9 Å². The van der Waals surface area contributed by atoms with Gasteiger partial charge in [-0.25, -0.2) is 22.3 Å². The zero-order valence-corrected chi connectivity index (χ0v) is 16.7. The van der Waals surface area contributed by atoms with Crippen molar-refractivity contribution in [1.82, 2.24) is 18.7 Å². The molecule has 152 valence electrons. The standard InChI is InChI=1S/C18H23FN4O4S/c1-21-18(24)23(14-4-5-14)17(20-21)12-7-9-22(10-8-12)28(25,26)16-11-13(19)3-6-15(16)27-2/h3,6,11-12,14H,4-5,7-10H2,1-2H3. The summed E-state index contributed by atoms with van der Waals surface area (Å²) in [5, 5.41) is 4.41. The second-order valence-electron chi connectivity index (χ2n) is 7.34. The van der Waals surface area contributed by atoms with Crippen molar-refractivity contribution in [3.8, 4) is 5.75 Å². The van der Waals surface area contributed by atoms with Crippen LogP contribution >= 0.6 is 0 Å². The number of aromatic nitrogens is 3. The lowest BCUT2D eigenvalue weighted by atomic mass is 9.97. The number of ether oxygens (including phenoxy) is 1. The van der Waals surface area contributed by atoms with Crippen molar-refractivity contribution in [2.75, 3.05) is 20.2 Å². The Kier molecular flexibility index (Phi) is 4.78. The number of piperidine rings is 1. The Morgan fingerprint density at radius 1 is 1.18 bits per heavy atom. The number of nitrogens with zero attached hydrogens (tertiary/aromatic N) is 4. The molecule has 1 aromatic heterocycles. The summed E-state index contributed by atoms with van der Waals surface area (Å²) in [6.07, 6.45) is 3.07. The van der Waals surface area contributed by atoms with Gasteiger partial charge >= 0.3 is 5.69 Å². The van der Waals surface area contributed by atoms with Gasteiger partial charge < -0.3 is 4.74 Å². The molecule has 1 aliphatic carbocycles. The highest BCUT2D eigenvalue weighted by Gasteiger charge is 2.36. The summed E-state index contributed by atoms with van der Waals surface area (Å²) in [5.41, 5.74) is -0.114. The van der Waals surface area contributed by atoms with Gasteiger partial charge in [-0.15, -0.1) is 0 Å². The highest BCUT2D eigenvalue weighted by Crippen LogP contribution is 2.38. The maximum atomic E-state index is 13.6. The summed E-state index contributed by atoms with van der Waals surface area (Å²) in [6.45, 7) is 0.560. The van der Waals surface area contributed by atoms with Crippen LogP contribution in [0.5, 0.6) is 5.75 Å². The van der Waals surface area contributed by atoms with E-state index in [2.05, 4.69) is 5.10 Å². The topological polar surface area (TPSA) is 86.4 Å². The maximum absolute atomic E-state index is 13.6. The van der Waals surface area contributed by atoms with E-state index in [-0.39, 0.29) is 41.4 Å². The number of halogens is 1. The average Bonchev–Trinajstić information content (AvgIpc) is 3.47. The van der Waals surface area contributed by atoms with Crippen LogP contribution in [0, 0.1) is 5.82 Å². The van der Waals surface area contributed by atoms with Gasteiger partial charge in [-0.1, -0.05) is 0 Å². The largest absolute Gasteiger partial charge is 0.495 e. The lowest BCUT2D eigenvalue weighted by Gasteiger charge is -2.31. The molecule has 0 spiro atoms. The summed E-state index contributed by atoms with van der Waals surface area (Å²) in [6, 6.07) is 3.69. The summed E-state index contributed by atoms with van der Waals surface area (Å²) in [5.74, 6) is 0.262. The Hall–Kier alpha value is -2.20. The Labute approximate surface area is 162 Å².